The summed E-state index contributed by atoms with van der Waals surface area (Å²) in [4.78, 5) is 2.17. The second-order valence-corrected chi connectivity index (χ2v) is 4.62. The smallest absolute Gasteiger partial charge is 0.176 e. The highest BCUT2D eigenvalue weighted by Gasteiger charge is 2.10. The molecule has 102 valence electrons. The van der Waals surface area contributed by atoms with Crippen LogP contribution in [0.1, 0.15) is 12.0 Å². The topological polar surface area (TPSA) is 41.9 Å². The first kappa shape index (κ1) is 15.1. The van der Waals surface area contributed by atoms with Crippen molar-refractivity contribution in [3.05, 3.63) is 22.7 Å². The highest BCUT2D eigenvalue weighted by molar-refractivity contribution is 6.32. The predicted octanol–water partition coefficient (Wildman–Crippen LogP) is 2.52. The summed E-state index contributed by atoms with van der Waals surface area (Å²) in [5, 5.41) is 9.96. The Hall–Kier alpha value is -0.970. The number of hydrogen-bond donors (Lipinski definition) is 1. The Balaban J connectivity index is 2.64. The fourth-order valence-electron chi connectivity index (χ4n) is 1.74. The molecule has 0 aliphatic rings. The van der Waals surface area contributed by atoms with Crippen LogP contribution in [-0.4, -0.2) is 44.4 Å². The quantitative estimate of drug-likeness (QED) is 0.775. The van der Waals surface area contributed by atoms with E-state index in [-0.39, 0.29) is 5.75 Å². The van der Waals surface area contributed by atoms with E-state index in [1.165, 1.54) is 7.11 Å². The molecule has 0 unspecified atom stereocenters. The average molecular weight is 274 g/mol. The zero-order valence-electron chi connectivity index (χ0n) is 11.1. The van der Waals surface area contributed by atoms with Gasteiger partial charge in [-0.3, -0.25) is 0 Å². The Labute approximate surface area is 113 Å². The van der Waals surface area contributed by atoms with Gasteiger partial charge in [0.05, 0.1) is 12.1 Å². The number of benzene rings is 1. The number of aromatic hydroxyl groups is 1. The van der Waals surface area contributed by atoms with Crippen LogP contribution in [0.25, 0.3) is 0 Å². The molecular formula is C13H20ClNO3. The molecule has 0 aliphatic carbocycles. The van der Waals surface area contributed by atoms with Crippen LogP contribution in [-0.2, 0) is 11.3 Å². The molecule has 0 bridgehead atoms. The summed E-state index contributed by atoms with van der Waals surface area (Å²) in [6, 6.07) is 3.56. The van der Waals surface area contributed by atoms with Crippen molar-refractivity contribution >= 4 is 11.6 Å². The van der Waals surface area contributed by atoms with E-state index in [4.69, 9.17) is 21.1 Å². The summed E-state index contributed by atoms with van der Waals surface area (Å²) < 4.78 is 10.1. The van der Waals surface area contributed by atoms with E-state index >= 15 is 0 Å². The maximum absolute atomic E-state index is 9.64. The van der Waals surface area contributed by atoms with Crippen LogP contribution in [0.15, 0.2) is 12.1 Å². The molecule has 1 aromatic carbocycles. The van der Waals surface area contributed by atoms with Gasteiger partial charge in [0.15, 0.2) is 11.5 Å². The molecule has 0 amide bonds. The molecule has 0 saturated heterocycles. The van der Waals surface area contributed by atoms with Gasteiger partial charge in [0.1, 0.15) is 0 Å². The van der Waals surface area contributed by atoms with Gasteiger partial charge in [0.2, 0.25) is 0 Å². The lowest BCUT2D eigenvalue weighted by Crippen LogP contribution is -2.20. The molecule has 0 heterocycles. The van der Waals surface area contributed by atoms with Crippen molar-refractivity contribution in [2.75, 3.05) is 34.4 Å². The Kier molecular flexibility index (Phi) is 6.25. The SMILES string of the molecule is COCCCN(C)Cc1cc(Cl)c(O)c(OC)c1. The van der Waals surface area contributed by atoms with E-state index in [1.807, 2.05) is 7.05 Å². The van der Waals surface area contributed by atoms with Crippen LogP contribution in [0.5, 0.6) is 11.5 Å². The van der Waals surface area contributed by atoms with Crippen LogP contribution in [0.3, 0.4) is 0 Å². The van der Waals surface area contributed by atoms with Crippen LogP contribution in [0.2, 0.25) is 5.02 Å². The van der Waals surface area contributed by atoms with Gasteiger partial charge in [-0.05, 0) is 31.2 Å². The van der Waals surface area contributed by atoms with Crippen molar-refractivity contribution < 1.29 is 14.6 Å². The zero-order valence-corrected chi connectivity index (χ0v) is 11.8. The number of rotatable bonds is 7. The largest absolute Gasteiger partial charge is 0.503 e. The van der Waals surface area contributed by atoms with Gasteiger partial charge in [-0.1, -0.05) is 11.6 Å². The van der Waals surface area contributed by atoms with Crippen molar-refractivity contribution in [1.82, 2.24) is 4.90 Å². The molecule has 0 spiro atoms. The van der Waals surface area contributed by atoms with Gasteiger partial charge in [0, 0.05) is 26.8 Å². The number of methoxy groups -OCH3 is 2. The third-order valence-electron chi connectivity index (χ3n) is 2.65. The highest BCUT2D eigenvalue weighted by atomic mass is 35.5. The first-order valence-electron chi connectivity index (χ1n) is 5.81. The third kappa shape index (κ3) is 4.37. The lowest BCUT2D eigenvalue weighted by atomic mass is 10.2. The first-order valence-corrected chi connectivity index (χ1v) is 6.19. The maximum Gasteiger partial charge on any atom is 0.176 e. The number of ether oxygens (including phenoxy) is 2. The minimum absolute atomic E-state index is 0.00930. The maximum atomic E-state index is 9.64. The lowest BCUT2D eigenvalue weighted by Gasteiger charge is -2.17. The molecule has 0 aliphatic heterocycles. The molecular weight excluding hydrogens is 254 g/mol. The molecule has 4 nitrogen and oxygen atoms in total. The standard InChI is InChI=1S/C13H20ClNO3/c1-15(5-4-6-17-2)9-10-7-11(14)13(16)12(8-10)18-3/h7-8,16H,4-6,9H2,1-3H3. The van der Waals surface area contributed by atoms with Crippen molar-refractivity contribution in [3.8, 4) is 11.5 Å². The molecule has 0 atom stereocenters. The first-order chi connectivity index (χ1) is 8.58. The normalized spacial score (nSPS) is 10.9. The summed E-state index contributed by atoms with van der Waals surface area (Å²) in [5.74, 6) is 0.396. The molecule has 0 saturated carbocycles. The van der Waals surface area contributed by atoms with Crippen LogP contribution in [0.4, 0.5) is 0 Å². The summed E-state index contributed by atoms with van der Waals surface area (Å²) in [5.41, 5.74) is 1.01. The fourth-order valence-corrected chi connectivity index (χ4v) is 1.98. The summed E-state index contributed by atoms with van der Waals surface area (Å²) in [7, 11) is 5.24. The monoisotopic (exact) mass is 273 g/mol. The number of halogens is 1. The van der Waals surface area contributed by atoms with Crippen molar-refractivity contribution in [3.63, 3.8) is 0 Å². The van der Waals surface area contributed by atoms with E-state index < -0.39 is 0 Å². The minimum atomic E-state index is -0.00930. The molecule has 1 N–H and O–H groups in total. The molecule has 1 rings (SSSR count). The van der Waals surface area contributed by atoms with Crippen molar-refractivity contribution in [1.29, 1.82) is 0 Å². The van der Waals surface area contributed by atoms with Crippen molar-refractivity contribution in [2.45, 2.75) is 13.0 Å². The third-order valence-corrected chi connectivity index (χ3v) is 2.94. The van der Waals surface area contributed by atoms with E-state index in [2.05, 4.69) is 4.90 Å². The van der Waals surface area contributed by atoms with E-state index in [1.54, 1.807) is 19.2 Å². The van der Waals surface area contributed by atoms with Gasteiger partial charge in [0.25, 0.3) is 0 Å². The van der Waals surface area contributed by atoms with Crippen LogP contribution < -0.4 is 4.74 Å². The van der Waals surface area contributed by atoms with Gasteiger partial charge in [-0.15, -0.1) is 0 Å². The van der Waals surface area contributed by atoms with Crippen LogP contribution >= 0.6 is 11.6 Å². The Morgan fingerprint density at radius 3 is 2.67 bits per heavy atom. The number of phenols is 1. The molecule has 5 heteroatoms. The van der Waals surface area contributed by atoms with Gasteiger partial charge in [-0.25, -0.2) is 0 Å². The van der Waals surface area contributed by atoms with Gasteiger partial charge in [-0.2, -0.15) is 0 Å². The van der Waals surface area contributed by atoms with Crippen LogP contribution in [0, 0.1) is 0 Å². The molecule has 0 fully saturated rings. The summed E-state index contributed by atoms with van der Waals surface area (Å²) in [6.45, 7) is 2.44. The average Bonchev–Trinajstić information content (AvgIpc) is 2.34. The van der Waals surface area contributed by atoms with E-state index in [9.17, 15) is 5.11 Å². The molecule has 0 radical (unpaired) electrons. The minimum Gasteiger partial charge on any atom is -0.503 e. The fraction of sp³-hybridized carbons (Fsp3) is 0.538. The van der Waals surface area contributed by atoms with E-state index in [0.29, 0.717) is 10.8 Å². The second kappa shape index (κ2) is 7.46. The second-order valence-electron chi connectivity index (χ2n) is 4.21. The van der Waals surface area contributed by atoms with Crippen molar-refractivity contribution in [2.24, 2.45) is 0 Å². The predicted molar refractivity (Wildman–Crippen MR) is 72.5 cm³/mol. The Morgan fingerprint density at radius 2 is 2.06 bits per heavy atom. The number of phenolic OH excluding ortho intramolecular Hbond substituents is 1. The molecule has 0 aromatic heterocycles. The molecule has 18 heavy (non-hydrogen) atoms. The highest BCUT2D eigenvalue weighted by Crippen LogP contribution is 2.35. The molecule has 1 aromatic rings. The zero-order chi connectivity index (χ0) is 13.5. The summed E-state index contributed by atoms with van der Waals surface area (Å²) >= 11 is 5.94. The number of nitrogens with zero attached hydrogens (tertiary/aromatic N) is 1. The van der Waals surface area contributed by atoms with Gasteiger partial charge >= 0.3 is 0 Å². The number of hydrogen-bond acceptors (Lipinski definition) is 4. The lowest BCUT2D eigenvalue weighted by molar-refractivity contribution is 0.178. The van der Waals surface area contributed by atoms with Gasteiger partial charge < -0.3 is 19.5 Å². The Morgan fingerprint density at radius 1 is 1.33 bits per heavy atom. The Bertz CT molecular complexity index is 385. The summed E-state index contributed by atoms with van der Waals surface area (Å²) in [6.07, 6.45) is 0.982. The van der Waals surface area contributed by atoms with E-state index in [0.717, 1.165) is 31.7 Å².